The number of nitrogens with one attached hydrogen (secondary N) is 2. The van der Waals surface area contributed by atoms with Crippen molar-refractivity contribution in [1.82, 2.24) is 10.0 Å². The van der Waals surface area contributed by atoms with Crippen LogP contribution in [0.15, 0.2) is 21.5 Å². The van der Waals surface area contributed by atoms with Crippen molar-refractivity contribution in [3.8, 4) is 11.5 Å². The summed E-state index contributed by atoms with van der Waals surface area (Å²) < 4.78 is 37.7. The Bertz CT molecular complexity index is 549. The Balaban J connectivity index is 2.99. The lowest BCUT2D eigenvalue weighted by molar-refractivity contribution is 0.353. The van der Waals surface area contributed by atoms with Gasteiger partial charge in [0.15, 0.2) is 11.5 Å². The fourth-order valence-electron chi connectivity index (χ4n) is 1.59. The molecule has 0 radical (unpaired) electrons. The maximum Gasteiger partial charge on any atom is 0.241 e. The number of rotatable bonds is 8. The summed E-state index contributed by atoms with van der Waals surface area (Å²) >= 11 is 3.24. The first kappa shape index (κ1) is 17.2. The molecular weight excluding hydrogens is 348 g/mol. The van der Waals surface area contributed by atoms with E-state index in [0.29, 0.717) is 28.9 Å². The second kappa shape index (κ2) is 7.82. The maximum absolute atomic E-state index is 12.2. The van der Waals surface area contributed by atoms with E-state index in [4.69, 9.17) is 9.47 Å². The lowest BCUT2D eigenvalue weighted by Gasteiger charge is -2.13. The zero-order valence-electron chi connectivity index (χ0n) is 11.7. The van der Waals surface area contributed by atoms with E-state index in [-0.39, 0.29) is 4.90 Å². The van der Waals surface area contributed by atoms with Gasteiger partial charge in [-0.15, -0.1) is 0 Å². The normalized spacial score (nSPS) is 11.4. The number of methoxy groups -OCH3 is 2. The summed E-state index contributed by atoms with van der Waals surface area (Å²) in [6.45, 7) is 1.11. The number of ether oxygens (including phenoxy) is 2. The summed E-state index contributed by atoms with van der Waals surface area (Å²) in [7, 11) is 1.19. The highest BCUT2D eigenvalue weighted by Crippen LogP contribution is 2.35. The fourth-order valence-corrected chi connectivity index (χ4v) is 3.70. The predicted octanol–water partition coefficient (Wildman–Crippen LogP) is 1.35. The van der Waals surface area contributed by atoms with Crippen molar-refractivity contribution >= 4 is 26.0 Å². The molecule has 0 fully saturated rings. The van der Waals surface area contributed by atoms with Gasteiger partial charge in [0.25, 0.3) is 0 Å². The molecule has 0 heterocycles. The molecule has 114 valence electrons. The van der Waals surface area contributed by atoms with Crippen molar-refractivity contribution in [2.45, 2.75) is 11.3 Å². The van der Waals surface area contributed by atoms with Crippen LogP contribution in [-0.2, 0) is 10.0 Å². The van der Waals surface area contributed by atoms with Gasteiger partial charge in [-0.25, -0.2) is 13.1 Å². The molecule has 1 aromatic rings. The number of benzene rings is 1. The Morgan fingerprint density at radius 1 is 1.15 bits per heavy atom. The van der Waals surface area contributed by atoms with Gasteiger partial charge in [0.2, 0.25) is 10.0 Å². The first-order valence-corrected chi connectivity index (χ1v) is 8.29. The van der Waals surface area contributed by atoms with Crippen LogP contribution in [0, 0.1) is 0 Å². The number of hydrogen-bond donors (Lipinski definition) is 2. The van der Waals surface area contributed by atoms with Gasteiger partial charge in [-0.3, -0.25) is 0 Å². The lowest BCUT2D eigenvalue weighted by Crippen LogP contribution is -2.27. The zero-order valence-corrected chi connectivity index (χ0v) is 14.1. The average Bonchev–Trinajstić information content (AvgIpc) is 2.43. The molecule has 20 heavy (non-hydrogen) atoms. The van der Waals surface area contributed by atoms with Crippen molar-refractivity contribution in [3.63, 3.8) is 0 Å². The topological polar surface area (TPSA) is 76.7 Å². The molecule has 1 rings (SSSR count). The third-order valence-electron chi connectivity index (χ3n) is 2.62. The van der Waals surface area contributed by atoms with Crippen LogP contribution in [0.2, 0.25) is 0 Å². The van der Waals surface area contributed by atoms with Crippen LogP contribution in [-0.4, -0.2) is 42.8 Å². The van der Waals surface area contributed by atoms with Gasteiger partial charge >= 0.3 is 0 Å². The summed E-state index contributed by atoms with van der Waals surface area (Å²) in [6.07, 6.45) is 0.709. The number of hydrogen-bond acceptors (Lipinski definition) is 5. The molecule has 0 atom stereocenters. The van der Waals surface area contributed by atoms with E-state index >= 15 is 0 Å². The summed E-state index contributed by atoms with van der Waals surface area (Å²) in [5.74, 6) is 0.833. The second-order valence-electron chi connectivity index (χ2n) is 3.99. The van der Waals surface area contributed by atoms with Crippen LogP contribution >= 0.6 is 15.9 Å². The molecule has 0 spiro atoms. The molecular formula is C12H19BrN2O4S. The highest BCUT2D eigenvalue weighted by Gasteiger charge is 2.20. The molecule has 1 aromatic carbocycles. The van der Waals surface area contributed by atoms with Crippen molar-refractivity contribution in [2.75, 3.05) is 34.4 Å². The molecule has 0 aliphatic carbocycles. The van der Waals surface area contributed by atoms with Gasteiger partial charge < -0.3 is 14.8 Å². The van der Waals surface area contributed by atoms with E-state index in [1.54, 1.807) is 6.07 Å². The van der Waals surface area contributed by atoms with Gasteiger partial charge in [0.1, 0.15) is 4.90 Å². The van der Waals surface area contributed by atoms with Gasteiger partial charge in [0, 0.05) is 17.1 Å². The number of halogens is 1. The SMILES string of the molecule is CNCCCNS(=O)(=O)c1cc(OC)c(OC)cc1Br. The van der Waals surface area contributed by atoms with Gasteiger partial charge in [-0.1, -0.05) is 0 Å². The highest BCUT2D eigenvalue weighted by atomic mass is 79.9. The standard InChI is InChI=1S/C12H19BrN2O4S/c1-14-5-4-6-15-20(16,17)12-8-11(19-3)10(18-2)7-9(12)13/h7-8,14-15H,4-6H2,1-3H3. The van der Waals surface area contributed by atoms with E-state index in [1.165, 1.54) is 20.3 Å². The minimum absolute atomic E-state index is 0.125. The van der Waals surface area contributed by atoms with Gasteiger partial charge in [-0.2, -0.15) is 0 Å². The molecule has 0 aliphatic heterocycles. The Kier molecular flexibility index (Phi) is 6.74. The van der Waals surface area contributed by atoms with Crippen LogP contribution in [0.5, 0.6) is 11.5 Å². The largest absolute Gasteiger partial charge is 0.493 e. The summed E-state index contributed by atoms with van der Waals surface area (Å²) in [4.78, 5) is 0.125. The van der Waals surface area contributed by atoms with Crippen LogP contribution in [0.4, 0.5) is 0 Å². The molecule has 0 saturated heterocycles. The van der Waals surface area contributed by atoms with E-state index < -0.39 is 10.0 Å². The first-order chi connectivity index (χ1) is 9.46. The zero-order chi connectivity index (χ0) is 15.2. The maximum atomic E-state index is 12.2. The molecule has 8 heteroatoms. The van der Waals surface area contributed by atoms with Crippen molar-refractivity contribution in [2.24, 2.45) is 0 Å². The number of sulfonamides is 1. The van der Waals surface area contributed by atoms with Crippen LogP contribution < -0.4 is 19.5 Å². The average molecular weight is 367 g/mol. The predicted molar refractivity (Wildman–Crippen MR) is 81.0 cm³/mol. The monoisotopic (exact) mass is 366 g/mol. The molecule has 0 unspecified atom stereocenters. The van der Waals surface area contributed by atoms with Crippen LogP contribution in [0.3, 0.4) is 0 Å². The van der Waals surface area contributed by atoms with Gasteiger partial charge in [-0.05, 0) is 42.0 Å². The molecule has 0 aliphatic rings. The Labute approximate surface area is 128 Å². The summed E-state index contributed by atoms with van der Waals surface area (Å²) in [6, 6.07) is 3.00. The third-order valence-corrected chi connectivity index (χ3v) is 5.04. The first-order valence-electron chi connectivity index (χ1n) is 6.02. The quantitative estimate of drug-likeness (QED) is 0.679. The van der Waals surface area contributed by atoms with Crippen molar-refractivity contribution in [1.29, 1.82) is 0 Å². The summed E-state index contributed by atoms with van der Waals surface area (Å²) in [5, 5.41) is 2.96. The Morgan fingerprint density at radius 2 is 1.75 bits per heavy atom. The van der Waals surface area contributed by atoms with E-state index in [2.05, 4.69) is 26.0 Å². The Morgan fingerprint density at radius 3 is 2.30 bits per heavy atom. The van der Waals surface area contributed by atoms with Crippen molar-refractivity contribution < 1.29 is 17.9 Å². The summed E-state index contributed by atoms with van der Waals surface area (Å²) in [5.41, 5.74) is 0. The minimum Gasteiger partial charge on any atom is -0.493 e. The highest BCUT2D eigenvalue weighted by molar-refractivity contribution is 9.10. The third kappa shape index (κ3) is 4.34. The Hall–Kier alpha value is -0.830. The smallest absolute Gasteiger partial charge is 0.241 e. The molecule has 0 aromatic heterocycles. The van der Waals surface area contributed by atoms with Gasteiger partial charge in [0.05, 0.1) is 14.2 Å². The molecule has 0 amide bonds. The lowest BCUT2D eigenvalue weighted by atomic mass is 10.3. The van der Waals surface area contributed by atoms with Crippen molar-refractivity contribution in [3.05, 3.63) is 16.6 Å². The van der Waals surface area contributed by atoms with E-state index in [9.17, 15) is 8.42 Å². The molecule has 0 saturated carbocycles. The van der Waals surface area contributed by atoms with Crippen LogP contribution in [0.25, 0.3) is 0 Å². The molecule has 0 bridgehead atoms. The van der Waals surface area contributed by atoms with E-state index in [0.717, 1.165) is 6.54 Å². The fraction of sp³-hybridized carbons (Fsp3) is 0.500. The van der Waals surface area contributed by atoms with E-state index in [1.807, 2.05) is 7.05 Å². The van der Waals surface area contributed by atoms with Crippen LogP contribution in [0.1, 0.15) is 6.42 Å². The second-order valence-corrected chi connectivity index (χ2v) is 6.58. The molecule has 2 N–H and O–H groups in total. The molecule has 6 nitrogen and oxygen atoms in total. The minimum atomic E-state index is -3.59.